The second-order valence-corrected chi connectivity index (χ2v) is 7.45. The molecule has 1 atom stereocenters. The van der Waals surface area contributed by atoms with Gasteiger partial charge in [0.15, 0.2) is 0 Å². The van der Waals surface area contributed by atoms with E-state index in [1.807, 2.05) is 11.8 Å². The summed E-state index contributed by atoms with van der Waals surface area (Å²) < 4.78 is 5.40. The number of carbonyl (C=O) groups excluding carboxylic acids is 2. The van der Waals surface area contributed by atoms with Crippen molar-refractivity contribution in [1.82, 2.24) is 9.97 Å². The summed E-state index contributed by atoms with van der Waals surface area (Å²) in [5, 5.41) is 5.44. The van der Waals surface area contributed by atoms with Gasteiger partial charge in [0.1, 0.15) is 11.6 Å². The predicted molar refractivity (Wildman–Crippen MR) is 113 cm³/mol. The lowest BCUT2D eigenvalue weighted by molar-refractivity contribution is -0.123. The topological polar surface area (TPSA) is 116 Å². The minimum atomic E-state index is -0.910. The SMILES string of the molecule is CCOc1ccc(NC(=O)[C@H]2CC(=O)Nc3nc(N4CCCCC4)[nH]c(=O)c32)cc1. The van der Waals surface area contributed by atoms with Gasteiger partial charge in [0.2, 0.25) is 17.8 Å². The first-order valence-corrected chi connectivity index (χ1v) is 10.3. The van der Waals surface area contributed by atoms with Crippen molar-refractivity contribution in [2.75, 3.05) is 35.2 Å². The summed E-state index contributed by atoms with van der Waals surface area (Å²) in [6.07, 6.45) is 3.10. The molecule has 0 aliphatic carbocycles. The van der Waals surface area contributed by atoms with Gasteiger partial charge >= 0.3 is 0 Å². The molecule has 2 aromatic rings. The van der Waals surface area contributed by atoms with Crippen LogP contribution in [0, 0.1) is 0 Å². The molecule has 9 nitrogen and oxygen atoms in total. The second kappa shape index (κ2) is 8.56. The van der Waals surface area contributed by atoms with Crippen LogP contribution in [0.15, 0.2) is 29.1 Å². The lowest BCUT2D eigenvalue weighted by Gasteiger charge is -2.29. The van der Waals surface area contributed by atoms with Crippen molar-refractivity contribution in [2.24, 2.45) is 0 Å². The molecule has 158 valence electrons. The molecular weight excluding hydrogens is 386 g/mol. The van der Waals surface area contributed by atoms with Crippen LogP contribution >= 0.6 is 0 Å². The maximum absolute atomic E-state index is 12.9. The van der Waals surface area contributed by atoms with Crippen LogP contribution in [0.4, 0.5) is 17.5 Å². The maximum atomic E-state index is 12.9. The number of benzene rings is 1. The van der Waals surface area contributed by atoms with Gasteiger partial charge in [-0.2, -0.15) is 4.98 Å². The number of aromatic nitrogens is 2. The number of aromatic amines is 1. The fraction of sp³-hybridized carbons (Fsp3) is 0.429. The zero-order chi connectivity index (χ0) is 21.1. The van der Waals surface area contributed by atoms with Crippen LogP contribution in [0.3, 0.4) is 0 Å². The molecule has 1 saturated heterocycles. The van der Waals surface area contributed by atoms with Crippen molar-refractivity contribution < 1.29 is 14.3 Å². The number of hydrogen-bond donors (Lipinski definition) is 3. The fourth-order valence-electron chi connectivity index (χ4n) is 3.87. The Morgan fingerprint density at radius 3 is 2.63 bits per heavy atom. The van der Waals surface area contributed by atoms with Gasteiger partial charge in [0.25, 0.3) is 5.56 Å². The molecule has 0 unspecified atom stereocenters. The highest BCUT2D eigenvalue weighted by Gasteiger charge is 2.35. The van der Waals surface area contributed by atoms with Crippen LogP contribution in [0.2, 0.25) is 0 Å². The van der Waals surface area contributed by atoms with Gasteiger partial charge < -0.3 is 20.3 Å². The molecule has 0 radical (unpaired) electrons. The number of amides is 2. The van der Waals surface area contributed by atoms with Crippen LogP contribution in [-0.4, -0.2) is 41.5 Å². The number of anilines is 3. The van der Waals surface area contributed by atoms with Crippen LogP contribution < -0.4 is 25.8 Å². The number of nitrogens with one attached hydrogen (secondary N) is 3. The summed E-state index contributed by atoms with van der Waals surface area (Å²) in [5.41, 5.74) is 0.358. The highest BCUT2D eigenvalue weighted by atomic mass is 16.5. The maximum Gasteiger partial charge on any atom is 0.258 e. The number of rotatable bonds is 5. The highest BCUT2D eigenvalue weighted by Crippen LogP contribution is 2.30. The van der Waals surface area contributed by atoms with Crippen molar-refractivity contribution in [3.8, 4) is 5.75 Å². The predicted octanol–water partition coefficient (Wildman–Crippen LogP) is 2.22. The number of carbonyl (C=O) groups is 2. The molecule has 2 amide bonds. The normalized spacial score (nSPS) is 18.4. The third kappa shape index (κ3) is 4.14. The van der Waals surface area contributed by atoms with Crippen LogP contribution in [0.5, 0.6) is 5.75 Å². The summed E-state index contributed by atoms with van der Waals surface area (Å²) in [7, 11) is 0. The Kier molecular flexibility index (Phi) is 5.69. The molecule has 30 heavy (non-hydrogen) atoms. The van der Waals surface area contributed by atoms with E-state index in [9.17, 15) is 14.4 Å². The van der Waals surface area contributed by atoms with Crippen molar-refractivity contribution in [2.45, 2.75) is 38.5 Å². The Morgan fingerprint density at radius 1 is 1.20 bits per heavy atom. The zero-order valence-electron chi connectivity index (χ0n) is 16.9. The van der Waals surface area contributed by atoms with Crippen molar-refractivity contribution in [1.29, 1.82) is 0 Å². The summed E-state index contributed by atoms with van der Waals surface area (Å²) in [6, 6.07) is 6.93. The van der Waals surface area contributed by atoms with Gasteiger partial charge in [-0.25, -0.2) is 0 Å². The summed E-state index contributed by atoms with van der Waals surface area (Å²) >= 11 is 0. The van der Waals surface area contributed by atoms with E-state index >= 15 is 0 Å². The van der Waals surface area contributed by atoms with Gasteiger partial charge in [-0.15, -0.1) is 0 Å². The quantitative estimate of drug-likeness (QED) is 0.695. The standard InChI is InChI=1S/C21H25N5O4/c1-2-30-14-8-6-13(7-9-14)22-19(28)15-12-16(27)23-18-17(15)20(29)25-21(24-18)26-10-4-3-5-11-26/h6-9,15H,2-5,10-12H2,1H3,(H,22,28)(H2,23,24,25,27,29)/t15-/m0/s1. The molecule has 0 spiro atoms. The fourth-order valence-corrected chi connectivity index (χ4v) is 3.87. The van der Waals surface area contributed by atoms with Crippen molar-refractivity contribution in [3.05, 3.63) is 40.2 Å². The lowest BCUT2D eigenvalue weighted by Crippen LogP contribution is -2.38. The first-order valence-electron chi connectivity index (χ1n) is 10.3. The highest BCUT2D eigenvalue weighted by molar-refractivity contribution is 6.04. The summed E-state index contributed by atoms with van der Waals surface area (Å²) in [5.74, 6) is -0.366. The molecule has 0 saturated carbocycles. The van der Waals surface area contributed by atoms with E-state index in [4.69, 9.17) is 4.74 Å². The molecule has 2 aliphatic heterocycles. The van der Waals surface area contributed by atoms with E-state index in [2.05, 4.69) is 20.6 Å². The molecular formula is C21H25N5O4. The zero-order valence-corrected chi connectivity index (χ0v) is 16.9. The molecule has 4 rings (SSSR count). The monoisotopic (exact) mass is 411 g/mol. The molecule has 3 heterocycles. The van der Waals surface area contributed by atoms with Crippen molar-refractivity contribution in [3.63, 3.8) is 0 Å². The molecule has 1 aromatic heterocycles. The van der Waals surface area contributed by atoms with E-state index in [-0.39, 0.29) is 23.7 Å². The van der Waals surface area contributed by atoms with E-state index in [0.717, 1.165) is 32.4 Å². The Balaban J connectivity index is 1.58. The first-order chi connectivity index (χ1) is 14.5. The number of fused-ring (bicyclic) bond motifs is 1. The number of nitrogens with zero attached hydrogens (tertiary/aromatic N) is 2. The van der Waals surface area contributed by atoms with Gasteiger partial charge in [-0.3, -0.25) is 19.4 Å². The third-order valence-electron chi connectivity index (χ3n) is 5.34. The summed E-state index contributed by atoms with van der Waals surface area (Å²) in [6.45, 7) is 4.05. The largest absolute Gasteiger partial charge is 0.494 e. The number of hydrogen-bond acceptors (Lipinski definition) is 6. The van der Waals surface area contributed by atoms with E-state index in [0.29, 0.717) is 24.0 Å². The second-order valence-electron chi connectivity index (χ2n) is 7.45. The van der Waals surface area contributed by atoms with Crippen LogP contribution in [0.1, 0.15) is 44.1 Å². The van der Waals surface area contributed by atoms with Gasteiger partial charge in [-0.1, -0.05) is 0 Å². The molecule has 1 fully saturated rings. The first kappa shape index (κ1) is 19.9. The van der Waals surface area contributed by atoms with E-state index in [1.54, 1.807) is 24.3 Å². The number of H-pyrrole nitrogens is 1. The Hall–Kier alpha value is -3.36. The smallest absolute Gasteiger partial charge is 0.258 e. The third-order valence-corrected chi connectivity index (χ3v) is 5.34. The minimum Gasteiger partial charge on any atom is -0.494 e. The Labute approximate surface area is 173 Å². The molecule has 0 bridgehead atoms. The van der Waals surface area contributed by atoms with E-state index in [1.165, 1.54) is 0 Å². The van der Waals surface area contributed by atoms with Gasteiger partial charge in [-0.05, 0) is 50.5 Å². The molecule has 1 aromatic carbocycles. The molecule has 9 heteroatoms. The summed E-state index contributed by atoms with van der Waals surface area (Å²) in [4.78, 5) is 47.3. The number of ether oxygens (including phenoxy) is 1. The number of piperidine rings is 1. The van der Waals surface area contributed by atoms with Crippen molar-refractivity contribution >= 4 is 29.3 Å². The molecule has 3 N–H and O–H groups in total. The lowest BCUT2D eigenvalue weighted by atomic mass is 9.92. The van der Waals surface area contributed by atoms with Gasteiger partial charge in [0, 0.05) is 25.2 Å². The van der Waals surface area contributed by atoms with Crippen LogP contribution in [0.25, 0.3) is 0 Å². The molecule has 2 aliphatic rings. The average molecular weight is 411 g/mol. The van der Waals surface area contributed by atoms with E-state index < -0.39 is 17.4 Å². The van der Waals surface area contributed by atoms with Crippen LogP contribution in [-0.2, 0) is 9.59 Å². The average Bonchev–Trinajstić information content (AvgIpc) is 2.75. The van der Waals surface area contributed by atoms with Gasteiger partial charge in [0.05, 0.1) is 18.1 Å². The minimum absolute atomic E-state index is 0.107. The Morgan fingerprint density at radius 2 is 1.93 bits per heavy atom. The Bertz CT molecular complexity index is 995.